The molecule has 4 rings (SSSR count). The Morgan fingerprint density at radius 2 is 1.96 bits per heavy atom. The molecule has 0 unspecified atom stereocenters. The van der Waals surface area contributed by atoms with Crippen LogP contribution in [-0.4, -0.2) is 11.8 Å². The van der Waals surface area contributed by atoms with Crippen molar-refractivity contribution in [1.82, 2.24) is 4.98 Å². The first-order chi connectivity index (χ1) is 11.8. The van der Waals surface area contributed by atoms with Crippen LogP contribution in [0.25, 0.3) is 33.0 Å². The van der Waals surface area contributed by atoms with Gasteiger partial charge in [-0.15, -0.1) is 0 Å². The number of fused-ring (bicyclic) bond motifs is 3. The molecule has 118 valence electrons. The van der Waals surface area contributed by atoms with Crippen molar-refractivity contribution in [3.05, 3.63) is 71.2 Å². The van der Waals surface area contributed by atoms with Crippen molar-refractivity contribution in [1.29, 1.82) is 0 Å². The van der Waals surface area contributed by atoms with Gasteiger partial charge in [0, 0.05) is 6.20 Å². The molecule has 2 aromatic carbocycles. The van der Waals surface area contributed by atoms with E-state index in [1.807, 2.05) is 30.3 Å². The lowest BCUT2D eigenvalue weighted by Gasteiger charge is -2.08. The number of nitrogens with zero attached hydrogens (tertiary/aromatic N) is 1. The predicted octanol–water partition coefficient (Wildman–Crippen LogP) is 4.31. The van der Waals surface area contributed by atoms with Crippen LogP contribution in [0.1, 0.15) is 0 Å². The SMILES string of the molecule is O=c1c(-c2ncccc2OCF)coc2ccc3ccccc3c12. The normalized spacial score (nSPS) is 11.0. The van der Waals surface area contributed by atoms with Gasteiger partial charge in [-0.3, -0.25) is 9.78 Å². The van der Waals surface area contributed by atoms with Crippen LogP contribution in [0, 0.1) is 0 Å². The molecule has 0 saturated carbocycles. The Balaban J connectivity index is 2.07. The number of hydrogen-bond acceptors (Lipinski definition) is 4. The number of aromatic nitrogens is 1. The van der Waals surface area contributed by atoms with Gasteiger partial charge < -0.3 is 9.15 Å². The summed E-state index contributed by atoms with van der Waals surface area (Å²) in [7, 11) is 0. The van der Waals surface area contributed by atoms with Gasteiger partial charge in [-0.2, -0.15) is 0 Å². The topological polar surface area (TPSA) is 52.3 Å². The largest absolute Gasteiger partial charge is 0.463 e. The Hall–Kier alpha value is -3.21. The Morgan fingerprint density at radius 3 is 2.83 bits per heavy atom. The lowest BCUT2D eigenvalue weighted by atomic mass is 10.0. The molecule has 0 radical (unpaired) electrons. The van der Waals surface area contributed by atoms with Gasteiger partial charge in [0.15, 0.2) is 0 Å². The maximum Gasteiger partial charge on any atom is 0.228 e. The van der Waals surface area contributed by atoms with E-state index in [4.69, 9.17) is 9.15 Å². The standard InChI is InChI=1S/C19H12FNO3/c20-11-24-16-6-3-9-21-18(16)14-10-23-15-8-7-12-4-1-2-5-13(12)17(15)19(14)22/h1-10H,11H2. The summed E-state index contributed by atoms with van der Waals surface area (Å²) in [6.45, 7) is -0.999. The number of pyridine rings is 1. The van der Waals surface area contributed by atoms with Gasteiger partial charge in [-0.25, -0.2) is 4.39 Å². The van der Waals surface area contributed by atoms with Crippen LogP contribution >= 0.6 is 0 Å². The zero-order valence-electron chi connectivity index (χ0n) is 12.5. The van der Waals surface area contributed by atoms with E-state index in [2.05, 4.69) is 4.98 Å². The van der Waals surface area contributed by atoms with Crippen LogP contribution in [0.15, 0.2) is 70.2 Å². The van der Waals surface area contributed by atoms with Gasteiger partial charge in [0.05, 0.1) is 10.9 Å². The molecule has 0 bridgehead atoms. The van der Waals surface area contributed by atoms with Crippen molar-refractivity contribution >= 4 is 21.7 Å². The summed E-state index contributed by atoms with van der Waals surface area (Å²) in [6, 6.07) is 14.4. The number of benzene rings is 2. The third-order valence-electron chi connectivity index (χ3n) is 3.90. The average molecular weight is 321 g/mol. The van der Waals surface area contributed by atoms with Crippen LogP contribution < -0.4 is 10.2 Å². The van der Waals surface area contributed by atoms with E-state index in [0.29, 0.717) is 11.0 Å². The molecule has 4 aromatic rings. The van der Waals surface area contributed by atoms with Crippen molar-refractivity contribution in [2.24, 2.45) is 0 Å². The maximum absolute atomic E-state index is 13.1. The van der Waals surface area contributed by atoms with Crippen molar-refractivity contribution < 1.29 is 13.5 Å². The zero-order valence-corrected chi connectivity index (χ0v) is 12.5. The van der Waals surface area contributed by atoms with Gasteiger partial charge in [0.25, 0.3) is 0 Å². The van der Waals surface area contributed by atoms with Crippen LogP contribution in [0.2, 0.25) is 0 Å². The monoisotopic (exact) mass is 321 g/mol. The molecular weight excluding hydrogens is 309 g/mol. The molecule has 0 spiro atoms. The molecule has 0 atom stereocenters. The van der Waals surface area contributed by atoms with Gasteiger partial charge in [0.2, 0.25) is 12.3 Å². The quantitative estimate of drug-likeness (QED) is 0.528. The van der Waals surface area contributed by atoms with E-state index < -0.39 is 6.86 Å². The van der Waals surface area contributed by atoms with E-state index in [1.54, 1.807) is 18.2 Å². The summed E-state index contributed by atoms with van der Waals surface area (Å²) >= 11 is 0. The number of alkyl halides is 1. The second-order valence-corrected chi connectivity index (χ2v) is 5.24. The molecule has 0 fully saturated rings. The molecule has 0 N–H and O–H groups in total. The average Bonchev–Trinajstić information content (AvgIpc) is 2.63. The third-order valence-corrected chi connectivity index (χ3v) is 3.90. The zero-order chi connectivity index (χ0) is 16.5. The van der Waals surface area contributed by atoms with Gasteiger partial charge in [-0.05, 0) is 29.0 Å². The van der Waals surface area contributed by atoms with Gasteiger partial charge in [-0.1, -0.05) is 30.3 Å². The lowest BCUT2D eigenvalue weighted by molar-refractivity contribution is 0.192. The predicted molar refractivity (Wildman–Crippen MR) is 89.8 cm³/mol. The van der Waals surface area contributed by atoms with E-state index in [9.17, 15) is 9.18 Å². The van der Waals surface area contributed by atoms with Crippen LogP contribution in [0.4, 0.5) is 4.39 Å². The highest BCUT2D eigenvalue weighted by atomic mass is 19.1. The lowest BCUT2D eigenvalue weighted by Crippen LogP contribution is -2.07. The molecule has 0 aliphatic heterocycles. The van der Waals surface area contributed by atoms with Crippen molar-refractivity contribution in [3.63, 3.8) is 0 Å². The highest BCUT2D eigenvalue weighted by Crippen LogP contribution is 2.29. The van der Waals surface area contributed by atoms with Crippen molar-refractivity contribution in [2.45, 2.75) is 0 Å². The second kappa shape index (κ2) is 5.77. The Bertz CT molecular complexity index is 1100. The van der Waals surface area contributed by atoms with Crippen LogP contribution in [0.5, 0.6) is 5.75 Å². The summed E-state index contributed by atoms with van der Waals surface area (Å²) in [4.78, 5) is 17.2. The first-order valence-corrected chi connectivity index (χ1v) is 7.37. The molecule has 4 nitrogen and oxygen atoms in total. The Labute approximate surface area is 136 Å². The first-order valence-electron chi connectivity index (χ1n) is 7.37. The summed E-state index contributed by atoms with van der Waals surface area (Å²) in [5, 5.41) is 2.22. The molecule has 0 amide bonds. The van der Waals surface area contributed by atoms with Crippen molar-refractivity contribution in [3.8, 4) is 17.0 Å². The molecule has 0 aliphatic rings. The van der Waals surface area contributed by atoms with E-state index in [1.165, 1.54) is 12.5 Å². The Morgan fingerprint density at radius 1 is 1.08 bits per heavy atom. The number of ether oxygens (including phenoxy) is 1. The minimum Gasteiger partial charge on any atom is -0.463 e. The minimum atomic E-state index is -0.999. The molecule has 5 heteroatoms. The van der Waals surface area contributed by atoms with E-state index in [-0.39, 0.29) is 22.4 Å². The highest BCUT2D eigenvalue weighted by Gasteiger charge is 2.16. The van der Waals surface area contributed by atoms with Gasteiger partial charge >= 0.3 is 0 Å². The third kappa shape index (κ3) is 2.22. The molecule has 0 saturated heterocycles. The second-order valence-electron chi connectivity index (χ2n) is 5.24. The fourth-order valence-electron chi connectivity index (χ4n) is 2.83. The van der Waals surface area contributed by atoms with E-state index in [0.717, 1.165) is 10.8 Å². The number of hydrogen-bond donors (Lipinski definition) is 0. The number of halogens is 1. The molecule has 0 aliphatic carbocycles. The molecule has 24 heavy (non-hydrogen) atoms. The van der Waals surface area contributed by atoms with Gasteiger partial charge in [0.1, 0.15) is 23.3 Å². The minimum absolute atomic E-state index is 0.201. The molecule has 2 aromatic heterocycles. The summed E-state index contributed by atoms with van der Waals surface area (Å²) in [6.07, 6.45) is 2.86. The first kappa shape index (κ1) is 14.4. The highest BCUT2D eigenvalue weighted by molar-refractivity contribution is 6.06. The van der Waals surface area contributed by atoms with Crippen LogP contribution in [-0.2, 0) is 0 Å². The van der Waals surface area contributed by atoms with E-state index >= 15 is 0 Å². The summed E-state index contributed by atoms with van der Waals surface area (Å²) in [5.74, 6) is 0.201. The summed E-state index contributed by atoms with van der Waals surface area (Å²) in [5.41, 5.74) is 0.767. The fourth-order valence-corrected chi connectivity index (χ4v) is 2.83. The smallest absolute Gasteiger partial charge is 0.228 e. The van der Waals surface area contributed by atoms with Crippen LogP contribution in [0.3, 0.4) is 0 Å². The molecular formula is C19H12FNO3. The maximum atomic E-state index is 13.1. The number of rotatable bonds is 3. The summed E-state index contributed by atoms with van der Waals surface area (Å²) < 4.78 is 23.2. The fraction of sp³-hybridized carbons (Fsp3) is 0.0526. The molecule has 2 heterocycles. The van der Waals surface area contributed by atoms with Crippen molar-refractivity contribution in [2.75, 3.05) is 6.86 Å². The Kier molecular flexibility index (Phi) is 3.46.